The van der Waals surface area contributed by atoms with Gasteiger partial charge in [-0.2, -0.15) is 0 Å². The van der Waals surface area contributed by atoms with Crippen molar-refractivity contribution < 1.29 is 19.0 Å². The zero-order chi connectivity index (χ0) is 23.0. The Hall–Kier alpha value is -2.35. The largest absolute Gasteiger partial charge is 0.496 e. The molecule has 0 radical (unpaired) electrons. The number of methoxy groups -OCH3 is 2. The Labute approximate surface area is 192 Å². The minimum Gasteiger partial charge on any atom is -0.496 e. The summed E-state index contributed by atoms with van der Waals surface area (Å²) in [6, 6.07) is 3.81. The lowest BCUT2D eigenvalue weighted by Gasteiger charge is -2.32. The molecule has 4 rings (SSSR count). The van der Waals surface area contributed by atoms with Crippen molar-refractivity contribution in [2.75, 3.05) is 34.0 Å². The van der Waals surface area contributed by atoms with Gasteiger partial charge in [-0.15, -0.1) is 0 Å². The number of nitrogens with zero attached hydrogens (tertiary/aromatic N) is 1. The number of ether oxygens (including phenoxy) is 3. The summed E-state index contributed by atoms with van der Waals surface area (Å²) in [7, 11) is 3.19. The van der Waals surface area contributed by atoms with E-state index in [1.807, 2.05) is 13.0 Å². The molecular weight excluding hydrogens is 432 g/mol. The molecule has 8 heteroatoms. The Morgan fingerprint density at radius 1 is 1.28 bits per heavy atom. The summed E-state index contributed by atoms with van der Waals surface area (Å²) in [5.74, 6) is 0.488. The monoisotopic (exact) mass is 460 g/mol. The fourth-order valence-corrected chi connectivity index (χ4v) is 5.20. The minimum atomic E-state index is -0.253. The normalized spacial score (nSPS) is 19.2. The number of carbonyl (C=O) groups is 1. The van der Waals surface area contributed by atoms with E-state index in [9.17, 15) is 9.59 Å². The van der Waals surface area contributed by atoms with Gasteiger partial charge in [0, 0.05) is 37.4 Å². The summed E-state index contributed by atoms with van der Waals surface area (Å²) in [6.07, 6.45) is 1.32. The first-order valence-electron chi connectivity index (χ1n) is 10.8. The predicted octanol–water partition coefficient (Wildman–Crippen LogP) is 3.58. The molecule has 1 aromatic heterocycles. The number of aromatic nitrogens is 1. The fourth-order valence-electron chi connectivity index (χ4n) is 4.84. The van der Waals surface area contributed by atoms with Gasteiger partial charge >= 0.3 is 0 Å². The van der Waals surface area contributed by atoms with E-state index in [2.05, 4.69) is 4.98 Å². The molecule has 0 unspecified atom stereocenters. The highest BCUT2D eigenvalue weighted by Crippen LogP contribution is 2.40. The maximum absolute atomic E-state index is 13.6. The van der Waals surface area contributed by atoms with Crippen LogP contribution in [0.3, 0.4) is 0 Å². The van der Waals surface area contributed by atoms with Crippen LogP contribution in [-0.4, -0.2) is 49.8 Å². The van der Waals surface area contributed by atoms with Crippen LogP contribution in [0.5, 0.6) is 5.75 Å². The second kappa shape index (κ2) is 9.25. The van der Waals surface area contributed by atoms with Crippen LogP contribution in [0, 0.1) is 19.8 Å². The lowest BCUT2D eigenvalue weighted by Crippen LogP contribution is -2.39. The zero-order valence-electron chi connectivity index (χ0n) is 18.9. The van der Waals surface area contributed by atoms with Crippen LogP contribution in [0.2, 0.25) is 5.02 Å². The number of hydrogen-bond acceptors (Lipinski definition) is 5. The van der Waals surface area contributed by atoms with Crippen molar-refractivity contribution in [2.45, 2.75) is 39.3 Å². The smallest absolute Gasteiger partial charge is 0.256 e. The van der Waals surface area contributed by atoms with Crippen LogP contribution >= 0.6 is 11.6 Å². The van der Waals surface area contributed by atoms with E-state index in [4.69, 9.17) is 25.8 Å². The highest BCUT2D eigenvalue weighted by Gasteiger charge is 2.35. The van der Waals surface area contributed by atoms with Crippen LogP contribution in [0.15, 0.2) is 16.9 Å². The molecule has 1 N–H and O–H groups in total. The average Bonchev–Trinajstić information content (AvgIpc) is 3.29. The van der Waals surface area contributed by atoms with Gasteiger partial charge in [0.1, 0.15) is 5.75 Å². The number of aryl methyl sites for hydroxylation is 2. The van der Waals surface area contributed by atoms with Crippen LogP contribution in [0.4, 0.5) is 0 Å². The van der Waals surface area contributed by atoms with Crippen LogP contribution in [0.1, 0.15) is 50.8 Å². The van der Waals surface area contributed by atoms with E-state index < -0.39 is 0 Å². The zero-order valence-corrected chi connectivity index (χ0v) is 19.7. The summed E-state index contributed by atoms with van der Waals surface area (Å²) in [5.41, 5.74) is 4.20. The molecule has 2 aromatic rings. The number of amides is 1. The number of rotatable bonds is 6. The van der Waals surface area contributed by atoms with Gasteiger partial charge < -0.3 is 24.1 Å². The minimum absolute atomic E-state index is 0.154. The topological polar surface area (TPSA) is 80.9 Å². The molecule has 7 nitrogen and oxygen atoms in total. The molecule has 0 aliphatic carbocycles. The van der Waals surface area contributed by atoms with Crippen molar-refractivity contribution in [1.82, 2.24) is 9.88 Å². The number of hydrogen-bond donors (Lipinski definition) is 1. The van der Waals surface area contributed by atoms with Gasteiger partial charge in [-0.25, -0.2) is 0 Å². The van der Waals surface area contributed by atoms with Crippen molar-refractivity contribution in [1.29, 1.82) is 0 Å². The van der Waals surface area contributed by atoms with E-state index in [0.717, 1.165) is 23.1 Å². The molecule has 0 saturated carbocycles. The van der Waals surface area contributed by atoms with Gasteiger partial charge in [-0.3, -0.25) is 9.59 Å². The van der Waals surface area contributed by atoms with Crippen molar-refractivity contribution in [3.8, 4) is 5.75 Å². The quantitative estimate of drug-likeness (QED) is 0.712. The molecule has 32 heavy (non-hydrogen) atoms. The van der Waals surface area contributed by atoms with Gasteiger partial charge in [0.25, 0.3) is 11.5 Å². The molecule has 2 aliphatic rings. The van der Waals surface area contributed by atoms with Crippen molar-refractivity contribution >= 4 is 17.5 Å². The second-order valence-electron chi connectivity index (χ2n) is 8.54. The Balaban J connectivity index is 1.71. The van der Waals surface area contributed by atoms with Gasteiger partial charge in [-0.1, -0.05) is 17.7 Å². The van der Waals surface area contributed by atoms with Crippen LogP contribution in [0.25, 0.3) is 0 Å². The molecule has 0 bridgehead atoms. The van der Waals surface area contributed by atoms with Crippen LogP contribution in [-0.2, 0) is 22.4 Å². The van der Waals surface area contributed by atoms with Gasteiger partial charge in [-0.05, 0) is 43.9 Å². The van der Waals surface area contributed by atoms with E-state index in [1.165, 1.54) is 7.11 Å². The third-order valence-corrected chi connectivity index (χ3v) is 6.91. The Morgan fingerprint density at radius 2 is 2.06 bits per heavy atom. The maximum Gasteiger partial charge on any atom is 0.256 e. The summed E-state index contributed by atoms with van der Waals surface area (Å²) in [5, 5.41) is 0.434. The maximum atomic E-state index is 13.6. The summed E-state index contributed by atoms with van der Waals surface area (Å²) in [4.78, 5) is 30.6. The van der Waals surface area contributed by atoms with E-state index in [-0.39, 0.29) is 30.0 Å². The average molecular weight is 461 g/mol. The third-order valence-electron chi connectivity index (χ3n) is 6.51. The molecule has 2 atom stereocenters. The summed E-state index contributed by atoms with van der Waals surface area (Å²) >= 11 is 6.86. The Bertz CT molecular complexity index is 1090. The molecule has 2 aliphatic heterocycles. The predicted molar refractivity (Wildman–Crippen MR) is 122 cm³/mol. The van der Waals surface area contributed by atoms with Crippen LogP contribution < -0.4 is 10.3 Å². The first-order chi connectivity index (χ1) is 15.3. The number of halogens is 1. The Kier molecular flexibility index (Phi) is 6.60. The summed E-state index contributed by atoms with van der Waals surface area (Å²) < 4.78 is 16.8. The Morgan fingerprint density at radius 3 is 2.72 bits per heavy atom. The number of fused-ring (bicyclic) bond motifs is 1. The summed E-state index contributed by atoms with van der Waals surface area (Å²) in [6.45, 7) is 5.77. The first-order valence-corrected chi connectivity index (χ1v) is 11.2. The fraction of sp³-hybridized carbons (Fsp3) is 0.500. The van der Waals surface area contributed by atoms with Gasteiger partial charge in [0.05, 0.1) is 42.5 Å². The number of benzene rings is 1. The van der Waals surface area contributed by atoms with Crippen molar-refractivity contribution in [2.24, 2.45) is 5.92 Å². The van der Waals surface area contributed by atoms with Crippen molar-refractivity contribution in [3.63, 3.8) is 0 Å². The highest BCUT2D eigenvalue weighted by atomic mass is 35.5. The van der Waals surface area contributed by atoms with Crippen molar-refractivity contribution in [3.05, 3.63) is 61.0 Å². The molecule has 0 spiro atoms. The third kappa shape index (κ3) is 4.05. The lowest BCUT2D eigenvalue weighted by molar-refractivity contribution is 0.0443. The lowest BCUT2D eigenvalue weighted by atomic mass is 9.87. The molecule has 1 amide bonds. The molecule has 172 valence electrons. The number of pyridine rings is 1. The van der Waals surface area contributed by atoms with E-state index in [0.29, 0.717) is 53.8 Å². The standard InChI is InChI=1S/C24H29ClN2O5/c1-13-9-17(22(31-4)15-6-8-32-12-15)21(25)20-16(13)5-7-27(24(20)29)11-18-19(30-3)10-14(2)26-23(18)28/h9-10,15,22H,5-8,11-12H2,1-4H3,(H,26,28)/t15-,22+/m0/s1. The first kappa shape index (κ1) is 22.8. The van der Waals surface area contributed by atoms with Gasteiger partial charge in [0.15, 0.2) is 0 Å². The second-order valence-corrected chi connectivity index (χ2v) is 8.91. The molecule has 1 saturated heterocycles. The molecule has 3 heterocycles. The SMILES string of the molecule is COc1cc(C)[nH]c(=O)c1CN1CCc2c(C)cc([C@H](OC)[C@H]3CCOC3)c(Cl)c2C1=O. The van der Waals surface area contributed by atoms with E-state index >= 15 is 0 Å². The molecular formula is C24H29ClN2O5. The number of aromatic amines is 1. The molecule has 1 aromatic carbocycles. The highest BCUT2D eigenvalue weighted by molar-refractivity contribution is 6.35. The van der Waals surface area contributed by atoms with E-state index in [1.54, 1.807) is 25.0 Å². The number of carbonyl (C=O) groups excluding carboxylic acids is 1. The number of H-pyrrole nitrogens is 1. The molecule has 1 fully saturated rings. The van der Waals surface area contributed by atoms with Gasteiger partial charge in [0.2, 0.25) is 0 Å². The number of nitrogens with one attached hydrogen (secondary N) is 1.